The first-order chi connectivity index (χ1) is 14.7. The molecule has 1 unspecified atom stereocenters. The van der Waals surface area contributed by atoms with Gasteiger partial charge in [-0.25, -0.2) is 0 Å². The van der Waals surface area contributed by atoms with E-state index in [4.69, 9.17) is 9.47 Å². The van der Waals surface area contributed by atoms with Crippen LogP contribution in [0.25, 0.3) is 0 Å². The Kier molecular flexibility index (Phi) is 8.33. The number of hydrogen-bond donors (Lipinski definition) is 1. The second-order valence-electron chi connectivity index (χ2n) is 7.57. The zero-order valence-corrected chi connectivity index (χ0v) is 17.8. The lowest BCUT2D eigenvalue weighted by Gasteiger charge is -2.31. The van der Waals surface area contributed by atoms with Crippen LogP contribution < -0.4 is 14.8 Å². The molecule has 5 nitrogen and oxygen atoms in total. The molecule has 30 heavy (non-hydrogen) atoms. The first-order valence-corrected chi connectivity index (χ1v) is 10.7. The molecule has 2 aromatic rings. The van der Waals surface area contributed by atoms with Gasteiger partial charge in [0.2, 0.25) is 0 Å². The summed E-state index contributed by atoms with van der Waals surface area (Å²) in [6.45, 7) is 6.77. The average molecular weight is 409 g/mol. The molecule has 1 aliphatic rings. The Hall–Kier alpha value is -2.79. The third-order valence-electron chi connectivity index (χ3n) is 5.52. The lowest BCUT2D eigenvalue weighted by atomic mass is 10.0. The number of hydrogen-bond acceptors (Lipinski definition) is 4. The predicted octanol–water partition coefficient (Wildman–Crippen LogP) is 4.61. The van der Waals surface area contributed by atoms with Crippen molar-refractivity contribution in [3.8, 4) is 11.5 Å². The quantitative estimate of drug-likeness (QED) is 0.616. The summed E-state index contributed by atoms with van der Waals surface area (Å²) in [7, 11) is 1.68. The number of carbonyl (C=O) groups excluding carboxylic acids is 1. The van der Waals surface area contributed by atoms with Gasteiger partial charge in [0, 0.05) is 12.1 Å². The molecular formula is C25H32N2O3. The SMILES string of the molecule is C=CCOc1ccc(C(=O)NCC(c2ccc(OC)cc2)N2CCCCCC2)cc1. The van der Waals surface area contributed by atoms with Crippen LogP contribution in [0.2, 0.25) is 0 Å². The van der Waals surface area contributed by atoms with E-state index < -0.39 is 0 Å². The van der Waals surface area contributed by atoms with Crippen molar-refractivity contribution in [3.05, 3.63) is 72.3 Å². The fourth-order valence-electron chi connectivity index (χ4n) is 3.84. The van der Waals surface area contributed by atoms with Crippen molar-refractivity contribution in [3.63, 3.8) is 0 Å². The molecule has 1 N–H and O–H groups in total. The van der Waals surface area contributed by atoms with E-state index in [1.807, 2.05) is 24.3 Å². The molecule has 0 saturated carbocycles. The molecule has 0 aliphatic carbocycles. The summed E-state index contributed by atoms with van der Waals surface area (Å²) in [4.78, 5) is 15.3. The minimum absolute atomic E-state index is 0.0707. The van der Waals surface area contributed by atoms with Crippen LogP contribution in [0.5, 0.6) is 11.5 Å². The first-order valence-electron chi connectivity index (χ1n) is 10.7. The molecule has 2 aromatic carbocycles. The van der Waals surface area contributed by atoms with E-state index in [1.165, 1.54) is 31.2 Å². The number of benzene rings is 2. The standard InChI is InChI=1S/C25H32N2O3/c1-3-18-30-23-14-10-21(11-15-23)25(28)26-19-24(27-16-6-4-5-7-17-27)20-8-12-22(29-2)13-9-20/h3,8-15,24H,1,4-7,16-19H2,2H3,(H,26,28). The molecule has 1 amide bonds. The molecule has 3 rings (SSSR count). The van der Waals surface area contributed by atoms with Crippen molar-refractivity contribution in [2.75, 3.05) is 33.4 Å². The van der Waals surface area contributed by atoms with Crippen LogP contribution >= 0.6 is 0 Å². The molecule has 0 bridgehead atoms. The Morgan fingerprint density at radius 1 is 1.03 bits per heavy atom. The topological polar surface area (TPSA) is 50.8 Å². The summed E-state index contributed by atoms with van der Waals surface area (Å²) >= 11 is 0. The highest BCUT2D eigenvalue weighted by Crippen LogP contribution is 2.26. The second kappa shape index (κ2) is 11.4. The largest absolute Gasteiger partial charge is 0.497 e. The van der Waals surface area contributed by atoms with Crippen LogP contribution in [0, 0.1) is 0 Å². The smallest absolute Gasteiger partial charge is 0.251 e. The van der Waals surface area contributed by atoms with Gasteiger partial charge in [-0.1, -0.05) is 37.6 Å². The minimum atomic E-state index is -0.0707. The summed E-state index contributed by atoms with van der Waals surface area (Å²) in [5.74, 6) is 1.50. The third kappa shape index (κ3) is 6.10. The second-order valence-corrected chi connectivity index (χ2v) is 7.57. The maximum absolute atomic E-state index is 12.8. The highest BCUT2D eigenvalue weighted by molar-refractivity contribution is 5.94. The van der Waals surface area contributed by atoms with Crippen LogP contribution in [0.3, 0.4) is 0 Å². The minimum Gasteiger partial charge on any atom is -0.497 e. The Bertz CT molecular complexity index is 794. The Morgan fingerprint density at radius 2 is 1.67 bits per heavy atom. The van der Waals surface area contributed by atoms with Gasteiger partial charge in [-0.05, 0) is 67.9 Å². The number of carbonyl (C=O) groups is 1. The van der Waals surface area contributed by atoms with Gasteiger partial charge in [-0.2, -0.15) is 0 Å². The molecule has 1 fully saturated rings. The summed E-state index contributed by atoms with van der Waals surface area (Å²) in [5.41, 5.74) is 1.83. The van der Waals surface area contributed by atoms with Gasteiger partial charge in [0.15, 0.2) is 0 Å². The number of nitrogens with zero attached hydrogens (tertiary/aromatic N) is 1. The monoisotopic (exact) mass is 408 g/mol. The van der Waals surface area contributed by atoms with E-state index in [0.29, 0.717) is 18.7 Å². The normalized spacial score (nSPS) is 15.6. The van der Waals surface area contributed by atoms with Gasteiger partial charge in [0.1, 0.15) is 18.1 Å². The number of nitrogens with one attached hydrogen (secondary N) is 1. The third-order valence-corrected chi connectivity index (χ3v) is 5.52. The van der Waals surface area contributed by atoms with Crippen molar-refractivity contribution in [1.82, 2.24) is 10.2 Å². The van der Waals surface area contributed by atoms with E-state index in [2.05, 4.69) is 28.9 Å². The number of amides is 1. The zero-order valence-electron chi connectivity index (χ0n) is 17.8. The Labute approximate surface area is 179 Å². The predicted molar refractivity (Wildman–Crippen MR) is 120 cm³/mol. The van der Waals surface area contributed by atoms with Crippen molar-refractivity contribution in [2.45, 2.75) is 31.7 Å². The molecule has 1 atom stereocenters. The maximum Gasteiger partial charge on any atom is 0.251 e. The lowest BCUT2D eigenvalue weighted by Crippen LogP contribution is -2.38. The number of likely N-dealkylation sites (tertiary alicyclic amines) is 1. The van der Waals surface area contributed by atoms with E-state index in [0.717, 1.165) is 24.6 Å². The summed E-state index contributed by atoms with van der Waals surface area (Å²) in [6.07, 6.45) is 6.65. The Balaban J connectivity index is 1.68. The van der Waals surface area contributed by atoms with Crippen molar-refractivity contribution >= 4 is 5.91 Å². The molecule has 0 spiro atoms. The molecule has 1 aliphatic heterocycles. The van der Waals surface area contributed by atoms with Gasteiger partial charge in [-0.15, -0.1) is 0 Å². The van der Waals surface area contributed by atoms with E-state index in [1.54, 1.807) is 25.3 Å². The van der Waals surface area contributed by atoms with E-state index >= 15 is 0 Å². The first kappa shape index (κ1) is 21.9. The molecule has 1 saturated heterocycles. The average Bonchev–Trinajstić information content (AvgIpc) is 3.08. The van der Waals surface area contributed by atoms with Crippen molar-refractivity contribution in [2.24, 2.45) is 0 Å². The highest BCUT2D eigenvalue weighted by atomic mass is 16.5. The molecule has 0 aromatic heterocycles. The van der Waals surface area contributed by atoms with Gasteiger partial charge in [0.25, 0.3) is 5.91 Å². The lowest BCUT2D eigenvalue weighted by molar-refractivity contribution is 0.0933. The molecular weight excluding hydrogens is 376 g/mol. The summed E-state index contributed by atoms with van der Waals surface area (Å²) in [6, 6.07) is 15.5. The number of rotatable bonds is 9. The number of methoxy groups -OCH3 is 1. The van der Waals surface area contributed by atoms with Crippen LogP contribution in [0.15, 0.2) is 61.2 Å². The fraction of sp³-hybridized carbons (Fsp3) is 0.400. The Morgan fingerprint density at radius 3 is 2.27 bits per heavy atom. The van der Waals surface area contributed by atoms with Crippen molar-refractivity contribution < 1.29 is 14.3 Å². The molecule has 1 heterocycles. The van der Waals surface area contributed by atoms with E-state index in [-0.39, 0.29) is 11.9 Å². The van der Waals surface area contributed by atoms with Crippen LogP contribution in [0.1, 0.15) is 47.6 Å². The maximum atomic E-state index is 12.8. The van der Waals surface area contributed by atoms with E-state index in [9.17, 15) is 4.79 Å². The molecule has 0 radical (unpaired) electrons. The molecule has 160 valence electrons. The van der Waals surface area contributed by atoms with Crippen molar-refractivity contribution in [1.29, 1.82) is 0 Å². The van der Waals surface area contributed by atoms with Gasteiger partial charge < -0.3 is 14.8 Å². The number of ether oxygens (including phenoxy) is 2. The summed E-state index contributed by atoms with van der Waals surface area (Å²) in [5, 5.41) is 3.14. The van der Waals surface area contributed by atoms with Gasteiger partial charge >= 0.3 is 0 Å². The summed E-state index contributed by atoms with van der Waals surface area (Å²) < 4.78 is 10.8. The zero-order chi connectivity index (χ0) is 21.2. The fourth-order valence-corrected chi connectivity index (χ4v) is 3.84. The molecule has 5 heteroatoms. The van der Waals surface area contributed by atoms with Gasteiger partial charge in [-0.3, -0.25) is 9.69 Å². The van der Waals surface area contributed by atoms with Crippen LogP contribution in [-0.2, 0) is 0 Å². The van der Waals surface area contributed by atoms with Crippen LogP contribution in [0.4, 0.5) is 0 Å². The van der Waals surface area contributed by atoms with Gasteiger partial charge in [0.05, 0.1) is 13.2 Å². The van der Waals surface area contributed by atoms with Crippen LogP contribution in [-0.4, -0.2) is 44.2 Å². The highest BCUT2D eigenvalue weighted by Gasteiger charge is 2.22.